The van der Waals surface area contributed by atoms with Gasteiger partial charge in [0, 0.05) is 30.4 Å². The van der Waals surface area contributed by atoms with Gasteiger partial charge in [-0.1, -0.05) is 0 Å². The van der Waals surface area contributed by atoms with Gasteiger partial charge in [-0.2, -0.15) is 0 Å². The molecule has 4 heteroatoms. The van der Waals surface area contributed by atoms with Crippen LogP contribution in [0.1, 0.15) is 32.3 Å². The van der Waals surface area contributed by atoms with E-state index in [0.717, 1.165) is 38.2 Å². The number of hydrogen-bond donors (Lipinski definition) is 2. The van der Waals surface area contributed by atoms with E-state index in [1.165, 1.54) is 5.56 Å². The first-order valence-corrected chi connectivity index (χ1v) is 7.85. The number of quaternary nitrogens is 1. The Kier molecular flexibility index (Phi) is 5.62. The summed E-state index contributed by atoms with van der Waals surface area (Å²) in [6, 6.07) is 8.52. The number of benzene rings is 1. The molecule has 0 saturated carbocycles. The molecule has 0 radical (unpaired) electrons. The fourth-order valence-electron chi connectivity index (χ4n) is 2.90. The molecule has 0 aromatic heterocycles. The lowest BCUT2D eigenvalue weighted by molar-refractivity contribution is -0.919. The average Bonchev–Trinajstić information content (AvgIpc) is 2.48. The van der Waals surface area contributed by atoms with Gasteiger partial charge in [0.1, 0.15) is 12.3 Å². The minimum Gasteiger partial charge on any atom is -0.497 e. The Morgan fingerprint density at radius 2 is 1.90 bits per heavy atom. The van der Waals surface area contributed by atoms with Crippen LogP contribution in [0.15, 0.2) is 24.3 Å². The number of piperidine rings is 1. The SMILES string of the molecule is COc1ccc(C[NH+]2CCC(C(=O)NC(C)C)CC2)cc1. The van der Waals surface area contributed by atoms with Crippen LogP contribution in [0.5, 0.6) is 5.75 Å². The molecule has 2 N–H and O–H groups in total. The molecule has 0 unspecified atom stereocenters. The van der Waals surface area contributed by atoms with E-state index in [-0.39, 0.29) is 17.9 Å². The standard InChI is InChI=1S/C17H26N2O2/c1-13(2)18-17(20)15-8-10-19(11-9-15)12-14-4-6-16(21-3)7-5-14/h4-7,13,15H,8-12H2,1-3H3,(H,18,20)/p+1. The minimum atomic E-state index is 0.201. The number of carbonyl (C=O) groups is 1. The maximum atomic E-state index is 12.0. The molecule has 0 atom stereocenters. The Morgan fingerprint density at radius 3 is 2.43 bits per heavy atom. The number of amides is 1. The van der Waals surface area contributed by atoms with Gasteiger partial charge in [0.2, 0.25) is 5.91 Å². The van der Waals surface area contributed by atoms with Crippen molar-refractivity contribution in [3.05, 3.63) is 29.8 Å². The lowest BCUT2D eigenvalue weighted by Gasteiger charge is -2.29. The van der Waals surface area contributed by atoms with Crippen LogP contribution in [0.4, 0.5) is 0 Å². The predicted molar refractivity (Wildman–Crippen MR) is 83.4 cm³/mol. The number of methoxy groups -OCH3 is 1. The summed E-state index contributed by atoms with van der Waals surface area (Å²) >= 11 is 0. The van der Waals surface area contributed by atoms with Gasteiger partial charge in [-0.15, -0.1) is 0 Å². The van der Waals surface area contributed by atoms with Gasteiger partial charge in [-0.25, -0.2) is 0 Å². The molecule has 2 rings (SSSR count). The van der Waals surface area contributed by atoms with Crippen molar-refractivity contribution < 1.29 is 14.4 Å². The van der Waals surface area contributed by atoms with Gasteiger partial charge in [0.05, 0.1) is 20.2 Å². The van der Waals surface area contributed by atoms with E-state index in [2.05, 4.69) is 17.4 Å². The second kappa shape index (κ2) is 7.46. The molecule has 1 amide bonds. The topological polar surface area (TPSA) is 42.8 Å². The molecule has 1 fully saturated rings. The van der Waals surface area contributed by atoms with E-state index in [1.54, 1.807) is 12.0 Å². The van der Waals surface area contributed by atoms with E-state index in [0.29, 0.717) is 0 Å². The number of rotatable bonds is 5. The Bertz CT molecular complexity index is 448. The quantitative estimate of drug-likeness (QED) is 0.850. The molecule has 1 aromatic rings. The fraction of sp³-hybridized carbons (Fsp3) is 0.588. The highest BCUT2D eigenvalue weighted by atomic mass is 16.5. The first-order chi connectivity index (χ1) is 10.1. The smallest absolute Gasteiger partial charge is 0.223 e. The van der Waals surface area contributed by atoms with Gasteiger partial charge in [-0.05, 0) is 38.1 Å². The first kappa shape index (κ1) is 15.8. The van der Waals surface area contributed by atoms with Gasteiger partial charge in [-0.3, -0.25) is 4.79 Å². The van der Waals surface area contributed by atoms with E-state index >= 15 is 0 Å². The summed E-state index contributed by atoms with van der Waals surface area (Å²) in [6.07, 6.45) is 1.98. The molecular formula is C17H27N2O2+. The predicted octanol–water partition coefficient (Wildman–Crippen LogP) is 1.01. The van der Waals surface area contributed by atoms with Crippen molar-refractivity contribution in [3.63, 3.8) is 0 Å². The number of nitrogens with one attached hydrogen (secondary N) is 2. The van der Waals surface area contributed by atoms with Gasteiger partial charge in [0.25, 0.3) is 0 Å². The lowest BCUT2D eigenvalue weighted by Crippen LogP contribution is -3.11. The number of likely N-dealkylation sites (tertiary alicyclic amines) is 1. The largest absolute Gasteiger partial charge is 0.497 e. The molecule has 0 spiro atoms. The van der Waals surface area contributed by atoms with Crippen molar-refractivity contribution in [2.24, 2.45) is 5.92 Å². The zero-order valence-electron chi connectivity index (χ0n) is 13.3. The Morgan fingerprint density at radius 1 is 1.29 bits per heavy atom. The highest BCUT2D eigenvalue weighted by Crippen LogP contribution is 2.12. The summed E-state index contributed by atoms with van der Waals surface area (Å²) in [5.74, 6) is 1.33. The summed E-state index contributed by atoms with van der Waals surface area (Å²) in [6.45, 7) is 7.21. The zero-order chi connectivity index (χ0) is 15.2. The fourth-order valence-corrected chi connectivity index (χ4v) is 2.90. The highest BCUT2D eigenvalue weighted by Gasteiger charge is 2.27. The van der Waals surface area contributed by atoms with E-state index in [9.17, 15) is 4.79 Å². The third kappa shape index (κ3) is 4.74. The second-order valence-corrected chi connectivity index (χ2v) is 6.21. The number of ether oxygens (including phenoxy) is 1. The molecule has 116 valence electrons. The van der Waals surface area contributed by atoms with Crippen LogP contribution < -0.4 is 15.0 Å². The van der Waals surface area contributed by atoms with Crippen molar-refractivity contribution in [2.75, 3.05) is 20.2 Å². The summed E-state index contributed by atoms with van der Waals surface area (Å²) in [4.78, 5) is 13.6. The highest BCUT2D eigenvalue weighted by molar-refractivity contribution is 5.78. The van der Waals surface area contributed by atoms with Crippen LogP contribution in [0, 0.1) is 5.92 Å². The Balaban J connectivity index is 1.79. The number of carbonyl (C=O) groups excluding carboxylic acids is 1. The van der Waals surface area contributed by atoms with Crippen molar-refractivity contribution in [3.8, 4) is 5.75 Å². The van der Waals surface area contributed by atoms with Crippen molar-refractivity contribution >= 4 is 5.91 Å². The van der Waals surface area contributed by atoms with Crippen LogP contribution in [0.25, 0.3) is 0 Å². The van der Waals surface area contributed by atoms with Crippen molar-refractivity contribution in [1.82, 2.24) is 5.32 Å². The summed E-state index contributed by atoms with van der Waals surface area (Å²) in [5.41, 5.74) is 1.33. The van der Waals surface area contributed by atoms with Crippen molar-refractivity contribution in [2.45, 2.75) is 39.3 Å². The summed E-state index contributed by atoms with van der Waals surface area (Å²) < 4.78 is 5.18. The van der Waals surface area contributed by atoms with Crippen LogP contribution in [0.2, 0.25) is 0 Å². The van der Waals surface area contributed by atoms with E-state index in [1.807, 2.05) is 26.0 Å². The molecule has 21 heavy (non-hydrogen) atoms. The minimum absolute atomic E-state index is 0.201. The van der Waals surface area contributed by atoms with Gasteiger partial charge < -0.3 is 15.0 Å². The molecule has 1 aromatic carbocycles. The maximum Gasteiger partial charge on any atom is 0.223 e. The molecule has 1 saturated heterocycles. The Labute approximate surface area is 127 Å². The Hall–Kier alpha value is -1.55. The maximum absolute atomic E-state index is 12.0. The first-order valence-electron chi connectivity index (χ1n) is 7.85. The molecule has 4 nitrogen and oxygen atoms in total. The van der Waals surface area contributed by atoms with Gasteiger partial charge in [0.15, 0.2) is 0 Å². The van der Waals surface area contributed by atoms with Gasteiger partial charge >= 0.3 is 0 Å². The third-order valence-electron chi connectivity index (χ3n) is 4.11. The summed E-state index contributed by atoms with van der Waals surface area (Å²) in [7, 11) is 1.69. The molecule has 1 aliphatic rings. The number of hydrogen-bond acceptors (Lipinski definition) is 2. The van der Waals surface area contributed by atoms with Crippen LogP contribution in [0.3, 0.4) is 0 Å². The van der Waals surface area contributed by atoms with Crippen LogP contribution in [-0.2, 0) is 11.3 Å². The monoisotopic (exact) mass is 291 g/mol. The molecular weight excluding hydrogens is 264 g/mol. The molecule has 0 bridgehead atoms. The van der Waals surface area contributed by atoms with Crippen molar-refractivity contribution in [1.29, 1.82) is 0 Å². The van der Waals surface area contributed by atoms with Crippen LogP contribution >= 0.6 is 0 Å². The lowest BCUT2D eigenvalue weighted by atomic mass is 9.95. The molecule has 0 aliphatic carbocycles. The summed E-state index contributed by atoms with van der Waals surface area (Å²) in [5, 5.41) is 3.03. The molecule has 1 heterocycles. The van der Waals surface area contributed by atoms with Crippen LogP contribution in [-0.4, -0.2) is 32.1 Å². The zero-order valence-corrected chi connectivity index (χ0v) is 13.3. The van der Waals surface area contributed by atoms with E-state index < -0.39 is 0 Å². The second-order valence-electron chi connectivity index (χ2n) is 6.21. The molecule has 1 aliphatic heterocycles. The third-order valence-corrected chi connectivity index (χ3v) is 4.11. The normalized spacial score (nSPS) is 22.1. The van der Waals surface area contributed by atoms with E-state index in [4.69, 9.17) is 4.74 Å². The average molecular weight is 291 g/mol.